The summed E-state index contributed by atoms with van der Waals surface area (Å²) in [5.41, 5.74) is 0.578. The number of aromatic nitrogens is 4. The van der Waals surface area contributed by atoms with Crippen LogP contribution in [0, 0.1) is 0 Å². The van der Waals surface area contributed by atoms with Crippen molar-refractivity contribution in [3.05, 3.63) is 63.5 Å². The monoisotopic (exact) mass is 397 g/mol. The van der Waals surface area contributed by atoms with Crippen molar-refractivity contribution in [3.8, 4) is 5.75 Å². The third-order valence-electron chi connectivity index (χ3n) is 4.30. The fourth-order valence-corrected chi connectivity index (χ4v) is 3.84. The van der Waals surface area contributed by atoms with Gasteiger partial charge in [-0.1, -0.05) is 23.3 Å². The second-order valence-electron chi connectivity index (χ2n) is 5.83. The van der Waals surface area contributed by atoms with Gasteiger partial charge in [0.15, 0.2) is 5.78 Å². The highest BCUT2D eigenvalue weighted by molar-refractivity contribution is 7.10. The third-order valence-corrected chi connectivity index (χ3v) is 5.22. The van der Waals surface area contributed by atoms with Gasteiger partial charge in [-0.3, -0.25) is 4.79 Å². The summed E-state index contributed by atoms with van der Waals surface area (Å²) in [5.74, 6) is -0.250. The first-order valence-electron chi connectivity index (χ1n) is 8.23. The molecule has 1 atom stereocenters. The molecule has 28 heavy (non-hydrogen) atoms. The van der Waals surface area contributed by atoms with Crippen molar-refractivity contribution in [2.24, 2.45) is 0 Å². The van der Waals surface area contributed by atoms with Gasteiger partial charge >= 0.3 is 5.97 Å². The van der Waals surface area contributed by atoms with E-state index in [9.17, 15) is 9.59 Å². The third kappa shape index (κ3) is 2.93. The molecule has 0 amide bonds. The molecule has 3 heterocycles. The highest BCUT2D eigenvalue weighted by atomic mass is 32.1. The molecular formula is C18H15N5O4S. The maximum Gasteiger partial charge on any atom is 0.355 e. The van der Waals surface area contributed by atoms with Gasteiger partial charge in [0.1, 0.15) is 17.5 Å². The molecule has 0 unspecified atom stereocenters. The first kappa shape index (κ1) is 17.9. The van der Waals surface area contributed by atoms with Crippen LogP contribution in [-0.4, -0.2) is 46.2 Å². The van der Waals surface area contributed by atoms with Gasteiger partial charge < -0.3 is 14.8 Å². The number of ketones is 1. The van der Waals surface area contributed by atoms with E-state index in [1.807, 2.05) is 17.5 Å². The number of ether oxygens (including phenoxy) is 2. The average Bonchev–Trinajstić information content (AvgIpc) is 3.43. The SMILES string of the molecule is COC(=O)C1=C(C(=O)c2cccc(OC)c2)[C@H](c2cccs2)n2nnnc2N1. The van der Waals surface area contributed by atoms with E-state index in [1.165, 1.54) is 30.2 Å². The highest BCUT2D eigenvalue weighted by Crippen LogP contribution is 2.38. The second kappa shape index (κ2) is 7.24. The van der Waals surface area contributed by atoms with Crippen LogP contribution in [0.25, 0.3) is 0 Å². The molecule has 0 saturated carbocycles. The van der Waals surface area contributed by atoms with Crippen molar-refractivity contribution < 1.29 is 19.1 Å². The van der Waals surface area contributed by atoms with E-state index in [0.29, 0.717) is 11.3 Å². The van der Waals surface area contributed by atoms with Crippen LogP contribution >= 0.6 is 11.3 Å². The minimum Gasteiger partial charge on any atom is -0.497 e. The second-order valence-corrected chi connectivity index (χ2v) is 6.81. The van der Waals surface area contributed by atoms with E-state index < -0.39 is 12.0 Å². The molecule has 0 bridgehead atoms. The van der Waals surface area contributed by atoms with Gasteiger partial charge in [-0.05, 0) is 34.0 Å². The zero-order valence-corrected chi connectivity index (χ0v) is 15.8. The Morgan fingerprint density at radius 3 is 2.79 bits per heavy atom. The molecule has 0 fully saturated rings. The quantitative estimate of drug-likeness (QED) is 0.515. The number of allylic oxidation sites excluding steroid dienone is 1. The lowest BCUT2D eigenvalue weighted by Crippen LogP contribution is -2.32. The molecule has 10 heteroatoms. The summed E-state index contributed by atoms with van der Waals surface area (Å²) in [4.78, 5) is 26.8. The first-order valence-corrected chi connectivity index (χ1v) is 9.11. The Balaban J connectivity index is 1.93. The Morgan fingerprint density at radius 2 is 2.07 bits per heavy atom. The molecule has 142 valence electrons. The molecule has 0 saturated heterocycles. The van der Waals surface area contributed by atoms with Gasteiger partial charge in [-0.15, -0.1) is 11.3 Å². The molecule has 1 aliphatic rings. The summed E-state index contributed by atoms with van der Waals surface area (Å²) in [5, 5.41) is 16.3. The summed E-state index contributed by atoms with van der Waals surface area (Å²) < 4.78 is 11.6. The molecular weight excluding hydrogens is 382 g/mol. The van der Waals surface area contributed by atoms with Crippen molar-refractivity contribution in [1.82, 2.24) is 20.2 Å². The Morgan fingerprint density at radius 1 is 1.21 bits per heavy atom. The predicted octanol–water partition coefficient (Wildman–Crippen LogP) is 2.07. The molecule has 0 radical (unpaired) electrons. The zero-order chi connectivity index (χ0) is 19.7. The van der Waals surface area contributed by atoms with Crippen LogP contribution in [0.3, 0.4) is 0 Å². The largest absolute Gasteiger partial charge is 0.497 e. The molecule has 3 aromatic rings. The molecule has 9 nitrogen and oxygen atoms in total. The van der Waals surface area contributed by atoms with Gasteiger partial charge in [0, 0.05) is 10.4 Å². The summed E-state index contributed by atoms with van der Waals surface area (Å²) in [6.07, 6.45) is 0. The number of tetrazole rings is 1. The normalized spacial score (nSPS) is 15.6. The van der Waals surface area contributed by atoms with Gasteiger partial charge in [-0.2, -0.15) is 4.68 Å². The number of esters is 1. The number of benzene rings is 1. The number of thiophene rings is 1. The number of fused-ring (bicyclic) bond motifs is 1. The van der Waals surface area contributed by atoms with Crippen LogP contribution in [0.1, 0.15) is 21.3 Å². The number of anilines is 1. The number of methoxy groups -OCH3 is 2. The van der Waals surface area contributed by atoms with Crippen molar-refractivity contribution in [3.63, 3.8) is 0 Å². The zero-order valence-electron chi connectivity index (χ0n) is 14.9. The maximum atomic E-state index is 13.5. The van der Waals surface area contributed by atoms with E-state index in [4.69, 9.17) is 9.47 Å². The maximum absolute atomic E-state index is 13.5. The average molecular weight is 397 g/mol. The number of nitrogens with zero attached hydrogens (tertiary/aromatic N) is 4. The summed E-state index contributed by atoms with van der Waals surface area (Å²) >= 11 is 1.43. The van der Waals surface area contributed by atoms with Crippen molar-refractivity contribution in [1.29, 1.82) is 0 Å². The van der Waals surface area contributed by atoms with Crippen LogP contribution < -0.4 is 10.1 Å². The molecule has 0 spiro atoms. The van der Waals surface area contributed by atoms with Crippen molar-refractivity contribution >= 4 is 29.0 Å². The van der Waals surface area contributed by atoms with Crippen LogP contribution in [0.15, 0.2) is 53.0 Å². The summed E-state index contributed by atoms with van der Waals surface area (Å²) in [7, 11) is 2.77. The number of carbonyl (C=O) groups is 2. The van der Waals surface area contributed by atoms with Crippen LogP contribution in [0.2, 0.25) is 0 Å². The molecule has 1 aliphatic heterocycles. The Bertz CT molecular complexity index is 1070. The van der Waals surface area contributed by atoms with Gasteiger partial charge in [0.05, 0.1) is 19.8 Å². The number of carbonyl (C=O) groups excluding carboxylic acids is 2. The smallest absolute Gasteiger partial charge is 0.355 e. The lowest BCUT2D eigenvalue weighted by molar-refractivity contribution is -0.136. The molecule has 1 aromatic carbocycles. The van der Waals surface area contributed by atoms with Gasteiger partial charge in [-0.25, -0.2) is 4.79 Å². The minimum atomic E-state index is -0.679. The Labute approximate surface area is 163 Å². The Kier molecular flexibility index (Phi) is 4.62. The first-order chi connectivity index (χ1) is 13.6. The van der Waals surface area contributed by atoms with Crippen LogP contribution in [0.4, 0.5) is 5.95 Å². The number of hydrogen-bond acceptors (Lipinski definition) is 9. The lowest BCUT2D eigenvalue weighted by atomic mass is 9.92. The fraction of sp³-hybridized carbons (Fsp3) is 0.167. The number of nitrogens with one attached hydrogen (secondary N) is 1. The van der Waals surface area contributed by atoms with E-state index in [1.54, 1.807) is 24.3 Å². The van der Waals surface area contributed by atoms with E-state index in [2.05, 4.69) is 20.8 Å². The standard InChI is InChI=1S/C18H15N5O4S/c1-26-11-6-3-5-10(9-11)16(24)13-14(17(25)27-2)19-18-20-21-22-23(18)15(13)12-7-4-8-28-12/h3-9,15H,1-2H3,(H,19,20,22)/t15-/m0/s1. The topological polar surface area (TPSA) is 108 Å². The molecule has 0 aliphatic carbocycles. The highest BCUT2D eigenvalue weighted by Gasteiger charge is 2.39. The summed E-state index contributed by atoms with van der Waals surface area (Å²) in [6, 6.07) is 9.78. The van der Waals surface area contributed by atoms with Crippen LogP contribution in [0.5, 0.6) is 5.75 Å². The van der Waals surface area contributed by atoms with Gasteiger partial charge in [0.25, 0.3) is 0 Å². The molecule has 4 rings (SSSR count). The number of rotatable bonds is 5. The Hall–Kier alpha value is -3.53. The lowest BCUT2D eigenvalue weighted by Gasteiger charge is -2.27. The van der Waals surface area contributed by atoms with E-state index in [0.717, 1.165) is 4.88 Å². The number of Topliss-reactive ketones (excluding diaryl/α,β-unsaturated/α-hetero) is 1. The minimum absolute atomic E-state index is 0.0102. The van der Waals surface area contributed by atoms with Crippen molar-refractivity contribution in [2.45, 2.75) is 6.04 Å². The van der Waals surface area contributed by atoms with E-state index >= 15 is 0 Å². The summed E-state index contributed by atoms with van der Waals surface area (Å²) in [6.45, 7) is 0. The van der Waals surface area contributed by atoms with Crippen LogP contribution in [-0.2, 0) is 9.53 Å². The molecule has 1 N–H and O–H groups in total. The van der Waals surface area contributed by atoms with E-state index in [-0.39, 0.29) is 23.0 Å². The number of hydrogen-bond donors (Lipinski definition) is 1. The van der Waals surface area contributed by atoms with Crippen molar-refractivity contribution in [2.75, 3.05) is 19.5 Å². The fourth-order valence-electron chi connectivity index (χ4n) is 3.02. The predicted molar refractivity (Wildman–Crippen MR) is 100 cm³/mol. The molecule has 2 aromatic heterocycles. The van der Waals surface area contributed by atoms with Gasteiger partial charge in [0.2, 0.25) is 5.95 Å².